The smallest absolute Gasteiger partial charge is 0.225 e. The molecule has 28 heavy (non-hydrogen) atoms. The average Bonchev–Trinajstić information content (AvgIpc) is 2.71. The van der Waals surface area contributed by atoms with Crippen LogP contribution >= 0.6 is 24.0 Å². The van der Waals surface area contributed by atoms with E-state index in [2.05, 4.69) is 30.1 Å². The van der Waals surface area contributed by atoms with Crippen molar-refractivity contribution >= 4 is 35.9 Å². The number of nitrogens with zero attached hydrogens (tertiary/aromatic N) is 5. The predicted molar refractivity (Wildman–Crippen MR) is 119 cm³/mol. The summed E-state index contributed by atoms with van der Waals surface area (Å²) in [5, 5.41) is 3.33. The standard InChI is InChI=1S/C19H25FN6O.HI/c1-2-21-18(24-9-14-27-17-6-3-5-16(20)15-17)25-10-12-26(13-11-25)19-22-7-4-8-23-19;/h3-8,15H,2,9-14H2,1H3,(H,21,24);1H. The van der Waals surface area contributed by atoms with Crippen molar-refractivity contribution in [2.75, 3.05) is 50.8 Å². The Kier molecular flexibility index (Phi) is 9.18. The number of aromatic nitrogens is 2. The topological polar surface area (TPSA) is 65.9 Å². The lowest BCUT2D eigenvalue weighted by Crippen LogP contribution is -2.53. The molecule has 7 nitrogen and oxygen atoms in total. The van der Waals surface area contributed by atoms with Gasteiger partial charge in [0, 0.05) is 51.2 Å². The summed E-state index contributed by atoms with van der Waals surface area (Å²) in [7, 11) is 0. The van der Waals surface area contributed by atoms with Crippen LogP contribution in [-0.4, -0.2) is 66.7 Å². The van der Waals surface area contributed by atoms with Crippen molar-refractivity contribution in [2.24, 2.45) is 4.99 Å². The highest BCUT2D eigenvalue weighted by atomic mass is 127. The minimum atomic E-state index is -0.301. The molecule has 2 aromatic rings. The Hall–Kier alpha value is -2.17. The van der Waals surface area contributed by atoms with Crippen LogP contribution in [0, 0.1) is 5.82 Å². The van der Waals surface area contributed by atoms with Crippen molar-refractivity contribution in [2.45, 2.75) is 6.92 Å². The van der Waals surface area contributed by atoms with Gasteiger partial charge in [-0.2, -0.15) is 0 Å². The number of hydrogen-bond acceptors (Lipinski definition) is 5. The van der Waals surface area contributed by atoms with E-state index in [1.165, 1.54) is 12.1 Å². The van der Waals surface area contributed by atoms with Gasteiger partial charge in [0.15, 0.2) is 5.96 Å². The molecule has 1 aromatic carbocycles. The van der Waals surface area contributed by atoms with E-state index in [4.69, 9.17) is 4.74 Å². The van der Waals surface area contributed by atoms with Crippen molar-refractivity contribution in [3.8, 4) is 5.75 Å². The quantitative estimate of drug-likeness (QED) is 0.285. The van der Waals surface area contributed by atoms with Crippen LogP contribution in [0.25, 0.3) is 0 Å². The molecule has 1 N–H and O–H groups in total. The summed E-state index contributed by atoms with van der Waals surface area (Å²) in [6.45, 7) is 7.11. The molecule has 1 aliphatic heterocycles. The van der Waals surface area contributed by atoms with E-state index >= 15 is 0 Å². The second-order valence-corrected chi connectivity index (χ2v) is 6.06. The molecule has 0 radical (unpaired) electrons. The Morgan fingerprint density at radius 3 is 2.61 bits per heavy atom. The molecule has 1 aliphatic rings. The van der Waals surface area contributed by atoms with Gasteiger partial charge in [0.25, 0.3) is 0 Å². The molecule has 1 fully saturated rings. The summed E-state index contributed by atoms with van der Waals surface area (Å²) in [6, 6.07) is 7.96. The van der Waals surface area contributed by atoms with E-state index < -0.39 is 0 Å². The molecule has 1 saturated heterocycles. The molecule has 0 aliphatic carbocycles. The van der Waals surface area contributed by atoms with Crippen molar-refractivity contribution in [1.82, 2.24) is 20.2 Å². The maximum Gasteiger partial charge on any atom is 0.225 e. The highest BCUT2D eigenvalue weighted by Gasteiger charge is 2.20. The van der Waals surface area contributed by atoms with E-state index in [9.17, 15) is 4.39 Å². The Morgan fingerprint density at radius 1 is 1.18 bits per heavy atom. The number of ether oxygens (including phenoxy) is 1. The van der Waals surface area contributed by atoms with Crippen molar-refractivity contribution in [1.29, 1.82) is 0 Å². The Balaban J connectivity index is 0.00000280. The third kappa shape index (κ3) is 6.47. The maximum absolute atomic E-state index is 13.2. The molecule has 9 heteroatoms. The molecule has 3 rings (SSSR count). The van der Waals surface area contributed by atoms with Crippen LogP contribution in [0.3, 0.4) is 0 Å². The van der Waals surface area contributed by atoms with Gasteiger partial charge in [-0.1, -0.05) is 6.07 Å². The van der Waals surface area contributed by atoms with Crippen LogP contribution in [-0.2, 0) is 0 Å². The lowest BCUT2D eigenvalue weighted by Gasteiger charge is -2.36. The second kappa shape index (κ2) is 11.6. The molecule has 0 amide bonds. The van der Waals surface area contributed by atoms with Crippen LogP contribution in [0.15, 0.2) is 47.7 Å². The lowest BCUT2D eigenvalue weighted by molar-refractivity contribution is 0.323. The van der Waals surface area contributed by atoms with Gasteiger partial charge in [0.1, 0.15) is 18.2 Å². The fourth-order valence-corrected chi connectivity index (χ4v) is 2.87. The van der Waals surface area contributed by atoms with E-state index in [1.54, 1.807) is 24.5 Å². The monoisotopic (exact) mass is 500 g/mol. The summed E-state index contributed by atoms with van der Waals surface area (Å²) < 4.78 is 18.7. The van der Waals surface area contributed by atoms with Gasteiger partial charge in [0.2, 0.25) is 5.95 Å². The summed E-state index contributed by atoms with van der Waals surface area (Å²) in [6.07, 6.45) is 3.53. The molecular weight excluding hydrogens is 474 g/mol. The number of anilines is 1. The van der Waals surface area contributed by atoms with Crippen LogP contribution in [0.1, 0.15) is 6.92 Å². The zero-order chi connectivity index (χ0) is 18.9. The Labute approximate surface area is 182 Å². The van der Waals surface area contributed by atoms with E-state index in [0.717, 1.165) is 44.6 Å². The van der Waals surface area contributed by atoms with Gasteiger partial charge in [-0.25, -0.2) is 19.4 Å². The van der Waals surface area contributed by atoms with Gasteiger partial charge in [-0.3, -0.25) is 0 Å². The first kappa shape index (κ1) is 22.1. The predicted octanol–water partition coefficient (Wildman–Crippen LogP) is 2.40. The molecule has 0 spiro atoms. The summed E-state index contributed by atoms with van der Waals surface area (Å²) in [5.41, 5.74) is 0. The summed E-state index contributed by atoms with van der Waals surface area (Å²) >= 11 is 0. The largest absolute Gasteiger partial charge is 0.492 e. The number of nitrogens with one attached hydrogen (secondary N) is 1. The minimum absolute atomic E-state index is 0. The number of benzene rings is 1. The average molecular weight is 500 g/mol. The second-order valence-electron chi connectivity index (χ2n) is 6.06. The number of halogens is 2. The first-order valence-corrected chi connectivity index (χ1v) is 9.20. The van der Waals surface area contributed by atoms with Crippen LogP contribution in [0.2, 0.25) is 0 Å². The number of aliphatic imine (C=N–C) groups is 1. The van der Waals surface area contributed by atoms with Gasteiger partial charge in [0.05, 0.1) is 6.54 Å². The van der Waals surface area contributed by atoms with Gasteiger partial charge in [-0.05, 0) is 25.1 Å². The molecular formula is C19H26FIN6O. The number of rotatable bonds is 6. The molecule has 0 bridgehead atoms. The fourth-order valence-electron chi connectivity index (χ4n) is 2.87. The fraction of sp³-hybridized carbons (Fsp3) is 0.421. The van der Waals surface area contributed by atoms with Crippen molar-refractivity contribution in [3.05, 3.63) is 48.5 Å². The molecule has 0 saturated carbocycles. The Bertz CT molecular complexity index is 740. The van der Waals surface area contributed by atoms with Crippen molar-refractivity contribution < 1.29 is 9.13 Å². The zero-order valence-electron chi connectivity index (χ0n) is 15.9. The summed E-state index contributed by atoms with van der Waals surface area (Å²) in [5.74, 6) is 1.85. The zero-order valence-corrected chi connectivity index (χ0v) is 18.3. The van der Waals surface area contributed by atoms with E-state index in [-0.39, 0.29) is 29.8 Å². The normalized spacial score (nSPS) is 14.4. The molecule has 2 heterocycles. The highest BCUT2D eigenvalue weighted by molar-refractivity contribution is 14.0. The third-order valence-corrected chi connectivity index (χ3v) is 4.17. The minimum Gasteiger partial charge on any atom is -0.492 e. The van der Waals surface area contributed by atoms with Gasteiger partial charge < -0.3 is 19.9 Å². The molecule has 152 valence electrons. The number of hydrogen-bond donors (Lipinski definition) is 1. The van der Waals surface area contributed by atoms with Crippen LogP contribution < -0.4 is 15.0 Å². The van der Waals surface area contributed by atoms with Crippen LogP contribution in [0.4, 0.5) is 10.3 Å². The van der Waals surface area contributed by atoms with Crippen LogP contribution in [0.5, 0.6) is 5.75 Å². The third-order valence-electron chi connectivity index (χ3n) is 4.17. The highest BCUT2D eigenvalue weighted by Crippen LogP contribution is 2.12. The number of piperazine rings is 1. The molecule has 0 atom stereocenters. The lowest BCUT2D eigenvalue weighted by atomic mass is 10.3. The van der Waals surface area contributed by atoms with Gasteiger partial charge >= 0.3 is 0 Å². The van der Waals surface area contributed by atoms with Crippen molar-refractivity contribution in [3.63, 3.8) is 0 Å². The maximum atomic E-state index is 13.2. The SMILES string of the molecule is CCNC(=NCCOc1cccc(F)c1)N1CCN(c2ncccn2)CC1.I. The summed E-state index contributed by atoms with van der Waals surface area (Å²) in [4.78, 5) is 17.7. The number of guanidine groups is 1. The molecule has 1 aromatic heterocycles. The Morgan fingerprint density at radius 2 is 1.93 bits per heavy atom. The first-order valence-electron chi connectivity index (χ1n) is 9.20. The van der Waals surface area contributed by atoms with E-state index in [0.29, 0.717) is 18.9 Å². The van der Waals surface area contributed by atoms with E-state index in [1.807, 2.05) is 13.0 Å². The first-order chi connectivity index (χ1) is 13.3. The molecule has 0 unspecified atom stereocenters. The van der Waals surface area contributed by atoms with Gasteiger partial charge in [-0.15, -0.1) is 24.0 Å².